The molecular weight excluding hydrogens is 811 g/mol. The lowest BCUT2D eigenvalue weighted by atomic mass is 9.70. The molecule has 312 valence electrons. The molecule has 14 rings (SSSR count). The van der Waals surface area contributed by atoms with E-state index in [0.717, 1.165) is 0 Å². The summed E-state index contributed by atoms with van der Waals surface area (Å²) in [6.07, 6.45) is 0. The van der Waals surface area contributed by atoms with Gasteiger partial charge in [0, 0.05) is 22.1 Å². The minimum atomic E-state index is -3.16. The van der Waals surface area contributed by atoms with Crippen LogP contribution in [0.25, 0.3) is 88.3 Å². The van der Waals surface area contributed by atoms with Crippen molar-refractivity contribution in [3.63, 3.8) is 0 Å². The zero-order valence-corrected chi connectivity index (χ0v) is 33.4. The first-order valence-corrected chi connectivity index (χ1v) is 19.8. The molecule has 0 aliphatic heterocycles. The summed E-state index contributed by atoms with van der Waals surface area (Å²) in [5.41, 5.74) is -22.0. The van der Waals surface area contributed by atoms with E-state index in [1.807, 2.05) is 0 Å². The highest BCUT2D eigenvalue weighted by Gasteiger charge is 2.51. The minimum Gasteiger partial charge on any atom is -0.454 e. The van der Waals surface area contributed by atoms with Gasteiger partial charge in [-0.15, -0.1) is 0 Å². The number of furan rings is 1. The van der Waals surface area contributed by atoms with Crippen LogP contribution in [0.2, 0.25) is 0 Å². The van der Waals surface area contributed by atoms with Crippen LogP contribution in [0.15, 0.2) is 252 Å². The first kappa shape index (κ1) is 15.2. The van der Waals surface area contributed by atoms with Gasteiger partial charge in [-0.3, -0.25) is 0 Å². The summed E-state index contributed by atoms with van der Waals surface area (Å²) in [7, 11) is 0. The van der Waals surface area contributed by atoms with E-state index in [1.54, 1.807) is 0 Å². The van der Waals surface area contributed by atoms with Crippen LogP contribution in [-0.4, -0.2) is 0 Å². The summed E-state index contributed by atoms with van der Waals surface area (Å²) in [5.74, 6) is 0. The Morgan fingerprint density at radius 2 is 0.866 bits per heavy atom. The lowest BCUT2D eigenvalue weighted by molar-refractivity contribution is 0.669. The average Bonchev–Trinajstić information content (AvgIpc) is 1.47. The van der Waals surface area contributed by atoms with E-state index in [9.17, 15) is 31.5 Å². The third kappa shape index (κ3) is 5.51. The van der Waals surface area contributed by atoms with Crippen molar-refractivity contribution in [3.05, 3.63) is 270 Å². The average molecular weight is 893 g/mol. The van der Waals surface area contributed by atoms with E-state index >= 15 is 0 Å². The van der Waals surface area contributed by atoms with Crippen molar-refractivity contribution >= 4 is 49.8 Å². The normalized spacial score (nSPS) is 21.5. The second-order valence-electron chi connectivity index (χ2n) is 14.8. The maximum absolute atomic E-state index is 10.9. The highest BCUT2D eigenvalue weighted by atomic mass is 16.3. The molecule has 0 amide bonds. The lowest BCUT2D eigenvalue weighted by Gasteiger charge is -2.32. The second kappa shape index (κ2) is 14.7. The quantitative estimate of drug-likeness (QED) is 0.165. The van der Waals surface area contributed by atoms with E-state index in [2.05, 4.69) is 0 Å². The Labute approximate surface area is 446 Å². The van der Waals surface area contributed by atoms with Gasteiger partial charge in [-0.25, -0.2) is 0 Å². The van der Waals surface area contributed by atoms with Gasteiger partial charge in [-0.1, -0.05) is 211 Å². The number of anilines is 3. The Hall–Kier alpha value is -8.72. The largest absolute Gasteiger partial charge is 0.454 e. The SMILES string of the molecule is [2H]c1c([2H])c([2H])c(-c2c([2H])c([2H])c(-c3c(-c4c([2H])c([2H])c(N(c5c([2H])c([2H])c6c(c5[2H])C5(c7c([2H])c([2H])c([2H])c([2H])c7-c7c([2H])c([2H])c([2H])c([2H])c75)c5c([2H])c([2H])c([2H])c([2H])c5-6)c5c([2H])c([2H])c([2H])c6c5oc5c([2H])c([2H])c([2H])c([2H])c56)c([2H])c4[2H])c([2H])c([2H])c4c([2H])c([2H])c([2H])c([2H])c34)c([2H])c2[2H])c([2H])c1[2H]. The van der Waals surface area contributed by atoms with Crippen molar-refractivity contribution in [2.45, 2.75) is 5.41 Å². The van der Waals surface area contributed by atoms with Gasteiger partial charge in [0.25, 0.3) is 0 Å². The van der Waals surface area contributed by atoms with Crippen molar-refractivity contribution in [3.8, 4) is 55.6 Å². The highest BCUT2D eigenvalue weighted by molar-refractivity contribution is 6.11. The molecule has 0 atom stereocenters. The van der Waals surface area contributed by atoms with Crippen LogP contribution in [0.1, 0.15) is 78.5 Å². The van der Waals surface area contributed by atoms with Crippen molar-refractivity contribution in [2.75, 3.05) is 4.90 Å². The number of rotatable bonds is 6. The van der Waals surface area contributed by atoms with Crippen molar-refractivity contribution in [1.82, 2.24) is 0 Å². The number of benzene rings is 11. The smallest absolute Gasteiger partial charge is 0.159 e. The summed E-state index contributed by atoms with van der Waals surface area (Å²) in [5, 5.41) is -3.30. The van der Waals surface area contributed by atoms with Gasteiger partial charge in [0.15, 0.2) is 5.58 Å². The summed E-state index contributed by atoms with van der Waals surface area (Å²) >= 11 is 0. The van der Waals surface area contributed by atoms with Crippen LogP contribution >= 0.6 is 0 Å². The molecule has 1 heterocycles. The number of para-hydroxylation sites is 2. The molecule has 0 unspecified atom stereocenters. The summed E-state index contributed by atoms with van der Waals surface area (Å²) < 4.78 is 391. The molecule has 12 aromatic rings. The maximum Gasteiger partial charge on any atom is 0.159 e. The minimum absolute atomic E-state index is 0.285. The number of hydrogen-bond acceptors (Lipinski definition) is 2. The van der Waals surface area contributed by atoms with Crippen LogP contribution in [0, 0.1) is 0 Å². The van der Waals surface area contributed by atoms with Gasteiger partial charge < -0.3 is 9.32 Å². The van der Waals surface area contributed by atoms with E-state index in [0.29, 0.717) is 0 Å². The Kier molecular flexibility index (Phi) is 3.32. The molecule has 0 saturated carbocycles. The van der Waals surface area contributed by atoms with E-state index < -0.39 is 381 Å². The molecule has 2 aliphatic rings. The van der Waals surface area contributed by atoms with Gasteiger partial charge in [0.2, 0.25) is 0 Å². The molecular formula is C65H41NO. The molecule has 0 saturated heterocycles. The van der Waals surface area contributed by atoms with Crippen molar-refractivity contribution in [1.29, 1.82) is 0 Å². The fraction of sp³-hybridized carbons (Fsp3) is 0.0154. The standard InChI is InChI=1S/C65H41NO/c1-2-15-42(16-3-1)43-29-31-46(32-30-43)63-49-18-5-4-17-44(49)35-39-50(63)45-33-36-47(37-34-45)66(61-27-14-23-56-55-22-9-13-28-62(55)67-64(56)61)48-38-40-54-53-21-8-12-26-59(53)65(60(54)41-48)57-24-10-6-19-51(57)52-20-7-11-25-58(52)65/h1-41H/i1D,2D,3D,4D,5D,6D,7D,8D,9D,10D,11D,12D,13D,14D,15D,16D,17D,18D,19D,20D,21D,22D,23D,24D,25D,26D,27D,28D,29D,30D,31D,32D,33D,34D,35D,36D,37D,38D,39D,40D,41D. The van der Waals surface area contributed by atoms with Gasteiger partial charge in [-0.05, 0) is 125 Å². The fourth-order valence-electron chi connectivity index (χ4n) is 8.70. The lowest BCUT2D eigenvalue weighted by Crippen LogP contribution is -2.26. The second-order valence-corrected chi connectivity index (χ2v) is 14.8. The van der Waals surface area contributed by atoms with Crippen LogP contribution in [0.4, 0.5) is 17.1 Å². The Morgan fingerprint density at radius 3 is 1.58 bits per heavy atom. The number of nitrogens with zero attached hydrogens (tertiary/aromatic N) is 1. The Morgan fingerprint density at radius 1 is 0.343 bits per heavy atom. The van der Waals surface area contributed by atoms with Gasteiger partial charge in [0.1, 0.15) is 5.58 Å². The number of fused-ring (bicyclic) bond motifs is 14. The molecule has 0 fully saturated rings. The third-order valence-electron chi connectivity index (χ3n) is 11.4. The van der Waals surface area contributed by atoms with Crippen LogP contribution in [0.5, 0.6) is 0 Å². The van der Waals surface area contributed by atoms with E-state index in [1.165, 1.54) is 0 Å². The summed E-state index contributed by atoms with van der Waals surface area (Å²) in [6, 6.07) is -47.3. The van der Waals surface area contributed by atoms with Crippen LogP contribution < -0.4 is 4.90 Å². The van der Waals surface area contributed by atoms with E-state index in [-0.39, 0.29) is 4.90 Å². The van der Waals surface area contributed by atoms with Crippen molar-refractivity contribution in [2.24, 2.45) is 0 Å². The molecule has 0 bridgehead atoms. The molecule has 2 heteroatoms. The third-order valence-corrected chi connectivity index (χ3v) is 11.4. The molecule has 2 aliphatic carbocycles. The molecule has 0 radical (unpaired) electrons. The van der Waals surface area contributed by atoms with Gasteiger partial charge >= 0.3 is 0 Å². The molecule has 0 N–H and O–H groups in total. The van der Waals surface area contributed by atoms with Gasteiger partial charge in [0.05, 0.1) is 67.3 Å². The monoisotopic (exact) mass is 893 g/mol. The van der Waals surface area contributed by atoms with Crippen molar-refractivity contribution < 1.29 is 60.6 Å². The highest BCUT2D eigenvalue weighted by Crippen LogP contribution is 2.63. The fourth-order valence-corrected chi connectivity index (χ4v) is 8.70. The predicted molar refractivity (Wildman–Crippen MR) is 279 cm³/mol. The summed E-state index contributed by atoms with van der Waals surface area (Å²) in [4.78, 5) is 0.285. The Bertz CT molecular complexity index is 6210. The molecule has 11 aromatic carbocycles. The van der Waals surface area contributed by atoms with Crippen LogP contribution in [0.3, 0.4) is 0 Å². The molecule has 1 spiro atoms. The predicted octanol–water partition coefficient (Wildman–Crippen LogP) is 17.6. The first-order chi connectivity index (χ1) is 50.3. The van der Waals surface area contributed by atoms with E-state index in [4.69, 9.17) is 29.1 Å². The van der Waals surface area contributed by atoms with Crippen LogP contribution in [-0.2, 0) is 5.41 Å². The molecule has 1 aromatic heterocycles. The number of hydrogen-bond donors (Lipinski definition) is 0. The first-order valence-electron chi connectivity index (χ1n) is 40.3. The molecule has 2 nitrogen and oxygen atoms in total. The topological polar surface area (TPSA) is 16.4 Å². The summed E-state index contributed by atoms with van der Waals surface area (Å²) in [6.45, 7) is 0. The zero-order chi connectivity index (χ0) is 79.7. The van der Waals surface area contributed by atoms with Gasteiger partial charge in [-0.2, -0.15) is 0 Å². The molecule has 67 heavy (non-hydrogen) atoms. The zero-order valence-electron chi connectivity index (χ0n) is 74.4. The Balaban J connectivity index is 1.21. The maximum atomic E-state index is 10.9.